The van der Waals surface area contributed by atoms with Crippen LogP contribution in [0.4, 0.5) is 0 Å². The van der Waals surface area contributed by atoms with Gasteiger partial charge in [-0.15, -0.1) is 22.7 Å². The Labute approximate surface area is 627 Å². The van der Waals surface area contributed by atoms with Gasteiger partial charge < -0.3 is 27.9 Å². The lowest BCUT2D eigenvalue weighted by atomic mass is 9.97. The topological polar surface area (TPSA) is 49.2 Å². The van der Waals surface area contributed by atoms with Gasteiger partial charge in [0, 0.05) is 112 Å². The summed E-state index contributed by atoms with van der Waals surface area (Å²) in [5, 5.41) is 24.0. The normalized spacial score (nSPS) is 11.7. The summed E-state index contributed by atoms with van der Waals surface area (Å²) >= 11 is 7.64. The number of halogens is 1. The van der Waals surface area contributed by atoms with Crippen LogP contribution >= 0.6 is 38.6 Å². The molecule has 22 rings (SSSR count). The third kappa shape index (κ3) is 10.5. The Kier molecular flexibility index (Phi) is 15.7. The molecule has 0 saturated heterocycles. The van der Waals surface area contributed by atoms with E-state index in [-0.39, 0.29) is 0 Å². The van der Waals surface area contributed by atoms with E-state index >= 15 is 0 Å². The van der Waals surface area contributed by atoms with Crippen LogP contribution in [0.2, 0.25) is 0 Å². The average Bonchev–Trinajstić information content (AvgIpc) is 1.54. The highest BCUT2D eigenvalue weighted by Gasteiger charge is 2.25. The van der Waals surface area contributed by atoms with E-state index in [4.69, 9.17) is 9.68 Å². The minimum Gasteiger partial charge on any atom is -0.537 e. The maximum atomic E-state index is 8.84. The molecule has 6 nitrogen and oxygen atoms in total. The molecule has 0 spiro atoms. The largest absolute Gasteiger partial charge is 0.569 e. The van der Waals surface area contributed by atoms with Crippen molar-refractivity contribution in [2.75, 3.05) is 0 Å². The number of benzene rings is 16. The minimum atomic E-state index is 0.617. The molecule has 1 radical (unpaired) electrons. The van der Waals surface area contributed by atoms with Gasteiger partial charge in [0.1, 0.15) is 5.75 Å². The van der Waals surface area contributed by atoms with Crippen LogP contribution in [-0.2, 0) is 0 Å². The van der Waals surface area contributed by atoms with Crippen molar-refractivity contribution in [3.05, 3.63) is 368 Å². The van der Waals surface area contributed by atoms with Crippen LogP contribution in [0.3, 0.4) is 0 Å². The Balaban J connectivity index is 0.000000116. The van der Waals surface area contributed by atoms with Crippen molar-refractivity contribution in [3.63, 3.8) is 0 Å². The Bertz CT molecular complexity index is 7140. The van der Waals surface area contributed by atoms with Gasteiger partial charge >= 0.3 is 7.69 Å². The molecule has 499 valence electrons. The van der Waals surface area contributed by atoms with Crippen LogP contribution < -0.4 is 4.65 Å². The third-order valence-electron chi connectivity index (χ3n) is 20.8. The van der Waals surface area contributed by atoms with E-state index in [0.29, 0.717) is 13.4 Å². The Hall–Kier alpha value is -12.5. The summed E-state index contributed by atoms with van der Waals surface area (Å²) in [6.45, 7) is 0. The van der Waals surface area contributed by atoms with Crippen molar-refractivity contribution in [2.24, 2.45) is 0 Å². The van der Waals surface area contributed by atoms with E-state index in [2.05, 4.69) is 350 Å². The molecule has 0 atom stereocenters. The molecular weight excluding hydrogens is 1400 g/mol. The van der Waals surface area contributed by atoms with Gasteiger partial charge in [-0.25, -0.2) is 0 Å². The highest BCUT2D eigenvalue weighted by atomic mass is 79.9. The summed E-state index contributed by atoms with van der Waals surface area (Å²) in [5.41, 5.74) is 21.8. The Morgan fingerprint density at radius 1 is 0.264 bits per heavy atom. The molecule has 0 aliphatic heterocycles. The quantitative estimate of drug-likeness (QED) is 0.146. The number of rotatable bonds is 9. The van der Waals surface area contributed by atoms with Crippen molar-refractivity contribution in [3.8, 4) is 61.9 Å². The smallest absolute Gasteiger partial charge is 0.537 e. The second-order valence-corrected chi connectivity index (χ2v) is 29.7. The third-order valence-corrected chi connectivity index (χ3v) is 24.1. The van der Waals surface area contributed by atoms with Crippen molar-refractivity contribution in [2.45, 2.75) is 0 Å². The Morgan fingerprint density at radius 2 is 0.604 bits per heavy atom. The van der Waals surface area contributed by atoms with Gasteiger partial charge in [-0.3, -0.25) is 0 Å². The number of para-hydroxylation sites is 6. The van der Waals surface area contributed by atoms with E-state index in [0.717, 1.165) is 32.0 Å². The maximum Gasteiger partial charge on any atom is 0.569 e. The maximum absolute atomic E-state index is 8.84. The zero-order chi connectivity index (χ0) is 70.3. The molecule has 10 heteroatoms. The number of nitrogens with zero attached hydrogens (tertiary/aromatic N) is 4. The van der Waals surface area contributed by atoms with Gasteiger partial charge in [0.25, 0.3) is 0 Å². The molecule has 16 aromatic carbocycles. The highest BCUT2D eigenvalue weighted by Crippen LogP contribution is 2.50. The minimum absolute atomic E-state index is 0.617. The predicted octanol–water partition coefficient (Wildman–Crippen LogP) is 26.9. The molecule has 6 heterocycles. The number of hydrogen-bond acceptors (Lipinski definition) is 4. The average molecular weight is 1460 g/mol. The second-order valence-electron chi connectivity index (χ2n) is 26.7. The van der Waals surface area contributed by atoms with Crippen LogP contribution in [0.5, 0.6) is 5.75 Å². The fourth-order valence-electron chi connectivity index (χ4n) is 16.2. The zero-order valence-corrected chi connectivity index (χ0v) is 60.3. The van der Waals surface area contributed by atoms with Gasteiger partial charge in [0.05, 0.1) is 48.8 Å². The van der Waals surface area contributed by atoms with Crippen LogP contribution in [0, 0.1) is 0 Å². The summed E-state index contributed by atoms with van der Waals surface area (Å²) in [6.07, 6.45) is 0. The van der Waals surface area contributed by atoms with Crippen LogP contribution in [0.1, 0.15) is 0 Å². The first-order valence-corrected chi connectivity index (χ1v) is 37.9. The summed E-state index contributed by atoms with van der Waals surface area (Å²) in [5.74, 6) is 0.617. The molecule has 22 aromatic rings. The first kappa shape index (κ1) is 63.2. The predicted molar refractivity (Wildman–Crippen MR) is 455 cm³/mol. The van der Waals surface area contributed by atoms with E-state index in [1.165, 1.54) is 156 Å². The highest BCUT2D eigenvalue weighted by molar-refractivity contribution is 9.10. The SMILES string of the molecule is Brc1cc2c3ccccc3n(-c3ccc(-c4ccccc4)cc3)c2c2c1sc1ccccc12.O[B]Oc1ccc2c(c1)c1ccccc1n2-c1ccccc1.c1ccc(-c2ccc(-n3c4ccccc4c4cc(-c5ccc6c(c5)c5ccccc5n6-c5ccccc5)c5sc6ccccc6c5c43)cc2)cc1. The van der Waals surface area contributed by atoms with Crippen LogP contribution in [-0.4, -0.2) is 31.0 Å². The molecular formula is C96H61BBrN4O2S2. The first-order valence-electron chi connectivity index (χ1n) is 35.5. The number of hydrogen-bond donors (Lipinski definition) is 1. The van der Waals surface area contributed by atoms with E-state index in [1.807, 2.05) is 71.2 Å². The second kappa shape index (κ2) is 26.3. The lowest BCUT2D eigenvalue weighted by Crippen LogP contribution is -1.99. The molecule has 0 amide bonds. The summed E-state index contributed by atoms with van der Waals surface area (Å²) in [4.78, 5) is 0. The molecule has 0 bridgehead atoms. The number of thiophene rings is 2. The van der Waals surface area contributed by atoms with Crippen molar-refractivity contribution in [1.29, 1.82) is 0 Å². The van der Waals surface area contributed by atoms with Gasteiger partial charge in [0.15, 0.2) is 0 Å². The van der Waals surface area contributed by atoms with Gasteiger partial charge in [-0.05, 0) is 171 Å². The standard InChI is InChI=1S/C48H30N2S.C30H18BrNS.C18H13BNO2/c1-3-13-31(14-4-1)32-23-26-35(27-24-32)50-43-21-11-8-18-37(43)41-30-39(48-46(47(41)50)38-19-9-12-22-45(38)51-48)33-25-28-44-40(29-33)36-17-7-10-20-42(36)49(44)34-15-5-2-6-16-34;31-25-18-24-22-10-4-6-12-26(22)32(21-16-14-20(15-17-21)19-8-2-1-3-9-19)29(24)28-23-11-5-7-13-27(23)33-30(25)28;21-19-22-14-10-11-18-16(12-14)15-8-4-5-9-17(15)20(18)13-6-2-1-3-7-13/h1-30H;1-18H;1-12,21H. The molecule has 106 heavy (non-hydrogen) atoms. The lowest BCUT2D eigenvalue weighted by molar-refractivity contribution is 0.454. The lowest BCUT2D eigenvalue weighted by Gasteiger charge is -2.12. The van der Waals surface area contributed by atoms with Crippen molar-refractivity contribution in [1.82, 2.24) is 18.3 Å². The zero-order valence-electron chi connectivity index (χ0n) is 57.1. The van der Waals surface area contributed by atoms with Crippen LogP contribution in [0.15, 0.2) is 368 Å². The fraction of sp³-hybridized carbons (Fsp3) is 0. The first-order chi connectivity index (χ1) is 52.5. The van der Waals surface area contributed by atoms with Crippen LogP contribution in [0.25, 0.3) is 184 Å². The Morgan fingerprint density at radius 3 is 1.08 bits per heavy atom. The van der Waals surface area contributed by atoms with Crippen molar-refractivity contribution < 1.29 is 9.68 Å². The van der Waals surface area contributed by atoms with E-state index < -0.39 is 0 Å². The molecule has 0 unspecified atom stereocenters. The monoisotopic (exact) mass is 1460 g/mol. The molecule has 0 aliphatic carbocycles. The summed E-state index contributed by atoms with van der Waals surface area (Å²) in [6, 6.07) is 130. The molecule has 0 fully saturated rings. The molecule has 1 N–H and O–H groups in total. The number of fused-ring (bicyclic) bond motifs is 20. The van der Waals surface area contributed by atoms with Gasteiger partial charge in [-0.2, -0.15) is 0 Å². The van der Waals surface area contributed by atoms with E-state index in [1.54, 1.807) is 0 Å². The van der Waals surface area contributed by atoms with Gasteiger partial charge in [-0.1, -0.05) is 237 Å². The summed E-state index contributed by atoms with van der Waals surface area (Å²) in [7, 11) is 0.706. The fourth-order valence-corrected chi connectivity index (χ4v) is 19.2. The van der Waals surface area contributed by atoms with E-state index in [9.17, 15) is 0 Å². The van der Waals surface area contributed by atoms with Gasteiger partial charge in [0.2, 0.25) is 0 Å². The summed E-state index contributed by atoms with van der Waals surface area (Å²) < 4.78 is 21.1. The van der Waals surface area contributed by atoms with Crippen molar-refractivity contribution >= 4 is 174 Å². The molecule has 0 saturated carbocycles. The molecule has 6 aromatic heterocycles. The molecule has 0 aliphatic rings. The number of aromatic nitrogens is 4.